The molecule has 3 aliphatic heterocycles. The zero-order chi connectivity index (χ0) is 21.5. The van der Waals surface area contributed by atoms with Crippen molar-refractivity contribution in [2.45, 2.75) is 45.6 Å². The van der Waals surface area contributed by atoms with Gasteiger partial charge in [-0.05, 0) is 88.7 Å². The van der Waals surface area contributed by atoms with Crippen LogP contribution in [0.4, 0.5) is 0 Å². The monoisotopic (exact) mass is 445 g/mol. The van der Waals surface area contributed by atoms with Crippen LogP contribution in [0, 0.1) is 11.8 Å². The maximum atomic E-state index is 6.35. The van der Waals surface area contributed by atoms with E-state index in [0.717, 1.165) is 56.2 Å². The number of aliphatic imine (C=N–C) groups is 1. The molecule has 0 aliphatic carbocycles. The lowest BCUT2D eigenvalue weighted by Gasteiger charge is -2.32. The zero-order valence-electron chi connectivity index (χ0n) is 19.2. The molecule has 1 unspecified atom stereocenters. The van der Waals surface area contributed by atoms with Crippen molar-refractivity contribution in [2.75, 3.05) is 58.9 Å². The predicted octanol–water partition coefficient (Wildman–Crippen LogP) is 3.94. The third kappa shape index (κ3) is 6.59. The van der Waals surface area contributed by atoms with Crippen LogP contribution in [0.3, 0.4) is 0 Å². The Kier molecular flexibility index (Phi) is 8.51. The molecule has 0 aromatic heterocycles. The van der Waals surface area contributed by atoms with Gasteiger partial charge in [-0.15, -0.1) is 0 Å². The molecule has 0 radical (unpaired) electrons. The van der Waals surface area contributed by atoms with Crippen molar-refractivity contribution < 1.29 is 0 Å². The van der Waals surface area contributed by atoms with E-state index in [2.05, 4.69) is 39.1 Å². The largest absolute Gasteiger partial charge is 0.357 e. The van der Waals surface area contributed by atoms with Gasteiger partial charge in [0.15, 0.2) is 5.96 Å². The van der Waals surface area contributed by atoms with Crippen LogP contribution < -0.4 is 5.32 Å². The molecule has 3 fully saturated rings. The van der Waals surface area contributed by atoms with E-state index >= 15 is 0 Å². The van der Waals surface area contributed by atoms with E-state index in [9.17, 15) is 0 Å². The molecule has 1 aromatic carbocycles. The quantitative estimate of drug-likeness (QED) is 0.509. The van der Waals surface area contributed by atoms with Crippen molar-refractivity contribution in [3.8, 4) is 0 Å². The smallest absolute Gasteiger partial charge is 0.193 e. The van der Waals surface area contributed by atoms with Crippen LogP contribution in [0.25, 0.3) is 0 Å². The first-order chi connectivity index (χ1) is 15.2. The maximum absolute atomic E-state index is 6.35. The van der Waals surface area contributed by atoms with E-state index in [0.29, 0.717) is 5.92 Å². The molecule has 3 saturated heterocycles. The van der Waals surface area contributed by atoms with Crippen LogP contribution in [0.5, 0.6) is 0 Å². The van der Waals surface area contributed by atoms with Gasteiger partial charge in [-0.25, -0.2) is 0 Å². The summed E-state index contributed by atoms with van der Waals surface area (Å²) in [4.78, 5) is 12.8. The third-order valence-electron chi connectivity index (χ3n) is 7.19. The fourth-order valence-corrected chi connectivity index (χ4v) is 5.54. The SMILES string of the molecule is CCNC(=NCC1CCN(Cc2ccccc2Cl)CC1)N1CCC(CN2CCCC2)C1. The Hall–Kier alpha value is -1.30. The van der Waals surface area contributed by atoms with Gasteiger partial charge in [0.2, 0.25) is 0 Å². The molecule has 3 aliphatic rings. The first-order valence-electron chi connectivity index (χ1n) is 12.4. The average Bonchev–Trinajstić information content (AvgIpc) is 3.46. The number of hydrogen-bond donors (Lipinski definition) is 1. The Balaban J connectivity index is 1.23. The Morgan fingerprint density at radius 2 is 1.74 bits per heavy atom. The van der Waals surface area contributed by atoms with Gasteiger partial charge in [0.05, 0.1) is 0 Å². The summed E-state index contributed by atoms with van der Waals surface area (Å²) in [6, 6.07) is 8.23. The lowest BCUT2D eigenvalue weighted by molar-refractivity contribution is 0.180. The van der Waals surface area contributed by atoms with Gasteiger partial charge in [-0.2, -0.15) is 0 Å². The molecule has 5 nitrogen and oxygen atoms in total. The first kappa shape index (κ1) is 22.9. The van der Waals surface area contributed by atoms with Gasteiger partial charge < -0.3 is 15.1 Å². The Morgan fingerprint density at radius 3 is 2.48 bits per heavy atom. The number of nitrogens with one attached hydrogen (secondary N) is 1. The number of likely N-dealkylation sites (tertiary alicyclic amines) is 3. The lowest BCUT2D eigenvalue weighted by Crippen LogP contribution is -2.41. The number of halogens is 1. The molecule has 172 valence electrons. The molecular weight excluding hydrogens is 406 g/mol. The Morgan fingerprint density at radius 1 is 1.00 bits per heavy atom. The number of hydrogen-bond acceptors (Lipinski definition) is 3. The van der Waals surface area contributed by atoms with Crippen molar-refractivity contribution in [1.82, 2.24) is 20.0 Å². The summed E-state index contributed by atoms with van der Waals surface area (Å²) in [6.45, 7) is 13.5. The molecule has 0 saturated carbocycles. The fourth-order valence-electron chi connectivity index (χ4n) is 5.34. The number of guanidine groups is 1. The second kappa shape index (κ2) is 11.5. The van der Waals surface area contributed by atoms with E-state index in [1.54, 1.807) is 0 Å². The van der Waals surface area contributed by atoms with E-state index in [1.807, 2.05) is 12.1 Å². The normalized spacial score (nSPS) is 24.3. The molecule has 31 heavy (non-hydrogen) atoms. The minimum atomic E-state index is 0.694. The summed E-state index contributed by atoms with van der Waals surface area (Å²) in [5.41, 5.74) is 1.24. The summed E-state index contributed by atoms with van der Waals surface area (Å²) < 4.78 is 0. The van der Waals surface area contributed by atoms with Gasteiger partial charge >= 0.3 is 0 Å². The summed E-state index contributed by atoms with van der Waals surface area (Å²) in [5.74, 6) is 2.64. The minimum Gasteiger partial charge on any atom is -0.357 e. The molecule has 3 heterocycles. The van der Waals surface area contributed by atoms with Crippen LogP contribution in [-0.2, 0) is 6.54 Å². The predicted molar refractivity (Wildman–Crippen MR) is 131 cm³/mol. The fraction of sp³-hybridized carbons (Fsp3) is 0.720. The van der Waals surface area contributed by atoms with Crippen LogP contribution in [-0.4, -0.2) is 79.6 Å². The summed E-state index contributed by atoms with van der Waals surface area (Å²) in [5, 5.41) is 4.45. The topological polar surface area (TPSA) is 34.1 Å². The van der Waals surface area contributed by atoms with Crippen molar-refractivity contribution in [3.05, 3.63) is 34.9 Å². The van der Waals surface area contributed by atoms with Crippen molar-refractivity contribution in [1.29, 1.82) is 0 Å². The molecule has 0 bridgehead atoms. The molecular formula is C25H40ClN5. The summed E-state index contributed by atoms with van der Waals surface area (Å²) in [6.07, 6.45) is 6.53. The Bertz CT molecular complexity index is 710. The minimum absolute atomic E-state index is 0.694. The highest BCUT2D eigenvalue weighted by molar-refractivity contribution is 6.31. The van der Waals surface area contributed by atoms with Crippen molar-refractivity contribution in [3.63, 3.8) is 0 Å². The van der Waals surface area contributed by atoms with E-state index < -0.39 is 0 Å². The van der Waals surface area contributed by atoms with Gasteiger partial charge in [0.1, 0.15) is 0 Å². The second-order valence-electron chi connectivity index (χ2n) is 9.61. The molecule has 1 atom stereocenters. The van der Waals surface area contributed by atoms with Crippen LogP contribution in [0.2, 0.25) is 5.02 Å². The standard InChI is InChI=1S/C25H40ClN5/c1-2-27-25(31-16-11-22(19-31)18-29-12-5-6-13-29)28-17-21-9-14-30(15-10-21)20-23-7-3-4-8-24(23)26/h3-4,7-8,21-22H,2,5-6,9-20H2,1H3,(H,27,28). The number of rotatable bonds is 7. The number of piperidine rings is 1. The van der Waals surface area contributed by atoms with Crippen molar-refractivity contribution >= 4 is 17.6 Å². The van der Waals surface area contributed by atoms with Crippen molar-refractivity contribution in [2.24, 2.45) is 16.8 Å². The maximum Gasteiger partial charge on any atom is 0.193 e. The number of nitrogens with zero attached hydrogens (tertiary/aromatic N) is 4. The van der Waals surface area contributed by atoms with E-state index in [-0.39, 0.29) is 0 Å². The highest BCUT2D eigenvalue weighted by Crippen LogP contribution is 2.23. The highest BCUT2D eigenvalue weighted by atomic mass is 35.5. The molecule has 1 aromatic rings. The zero-order valence-corrected chi connectivity index (χ0v) is 20.0. The summed E-state index contributed by atoms with van der Waals surface area (Å²) >= 11 is 6.35. The Labute approximate surface area is 193 Å². The summed E-state index contributed by atoms with van der Waals surface area (Å²) in [7, 11) is 0. The molecule has 0 amide bonds. The lowest BCUT2D eigenvalue weighted by atomic mass is 9.96. The average molecular weight is 446 g/mol. The van der Waals surface area contributed by atoms with Gasteiger partial charge in [-0.3, -0.25) is 9.89 Å². The third-order valence-corrected chi connectivity index (χ3v) is 7.56. The van der Waals surface area contributed by atoms with E-state index in [1.165, 1.54) is 63.8 Å². The van der Waals surface area contributed by atoms with Crippen LogP contribution in [0.15, 0.2) is 29.3 Å². The van der Waals surface area contributed by atoms with Crippen LogP contribution >= 0.6 is 11.6 Å². The van der Waals surface area contributed by atoms with Gasteiger partial charge in [0.25, 0.3) is 0 Å². The van der Waals surface area contributed by atoms with Gasteiger partial charge in [0, 0.05) is 44.3 Å². The molecule has 4 rings (SSSR count). The van der Waals surface area contributed by atoms with E-state index in [4.69, 9.17) is 16.6 Å². The molecule has 6 heteroatoms. The first-order valence-corrected chi connectivity index (χ1v) is 12.8. The second-order valence-corrected chi connectivity index (χ2v) is 10.0. The highest BCUT2D eigenvalue weighted by Gasteiger charge is 2.28. The van der Waals surface area contributed by atoms with Gasteiger partial charge in [-0.1, -0.05) is 29.8 Å². The molecule has 1 N–H and O–H groups in total. The van der Waals surface area contributed by atoms with Crippen LogP contribution in [0.1, 0.15) is 44.6 Å². The molecule has 0 spiro atoms. The number of benzene rings is 1.